The van der Waals surface area contributed by atoms with Crippen LogP contribution in [0, 0.1) is 0 Å². The van der Waals surface area contributed by atoms with Crippen molar-refractivity contribution in [3.8, 4) is 0 Å². The molecule has 3 amide bonds. The SMILES string of the molecule is Cn1nc(C(=O)N2CCCC2)c2c1CCN(C(=O)CCC(=O)NCc1cccs1)C2. The molecule has 2 aromatic heterocycles. The number of aryl methyl sites for hydroxylation is 1. The maximum atomic E-state index is 12.9. The van der Waals surface area contributed by atoms with Gasteiger partial charge in [-0.05, 0) is 24.3 Å². The van der Waals surface area contributed by atoms with Gasteiger partial charge in [0.2, 0.25) is 11.8 Å². The normalized spacial score (nSPS) is 15.9. The second-order valence-electron chi connectivity index (χ2n) is 7.82. The number of amides is 3. The standard InChI is InChI=1S/C21H27N5O3S/c1-24-17-8-11-26(14-16(17)20(23-24)21(29)25-9-2-3-10-25)19(28)7-6-18(27)22-13-15-5-4-12-30-15/h4-5,12H,2-3,6-11,13-14H2,1H3,(H,22,27). The number of thiophene rings is 1. The molecule has 160 valence electrons. The van der Waals surface area contributed by atoms with Crippen molar-refractivity contribution in [3.05, 3.63) is 39.3 Å². The molecule has 0 saturated carbocycles. The summed E-state index contributed by atoms with van der Waals surface area (Å²) in [6, 6.07) is 3.91. The van der Waals surface area contributed by atoms with E-state index in [2.05, 4.69) is 10.4 Å². The molecule has 1 fully saturated rings. The van der Waals surface area contributed by atoms with E-state index in [1.165, 1.54) is 0 Å². The van der Waals surface area contributed by atoms with E-state index in [0.29, 0.717) is 31.7 Å². The lowest BCUT2D eigenvalue weighted by molar-refractivity contribution is -0.134. The quantitative estimate of drug-likeness (QED) is 0.757. The molecule has 0 aromatic carbocycles. The summed E-state index contributed by atoms with van der Waals surface area (Å²) in [4.78, 5) is 42.4. The van der Waals surface area contributed by atoms with Gasteiger partial charge in [0.05, 0.1) is 6.54 Å². The van der Waals surface area contributed by atoms with Gasteiger partial charge in [0, 0.05) is 68.6 Å². The van der Waals surface area contributed by atoms with E-state index < -0.39 is 0 Å². The van der Waals surface area contributed by atoms with Gasteiger partial charge in [0.15, 0.2) is 5.69 Å². The molecule has 0 bridgehead atoms. The number of hydrogen-bond donors (Lipinski definition) is 1. The summed E-state index contributed by atoms with van der Waals surface area (Å²) in [5, 5.41) is 9.30. The first-order valence-corrected chi connectivity index (χ1v) is 11.3. The van der Waals surface area contributed by atoms with Crippen LogP contribution in [0.4, 0.5) is 0 Å². The maximum Gasteiger partial charge on any atom is 0.274 e. The predicted octanol–water partition coefficient (Wildman–Crippen LogP) is 1.70. The fraction of sp³-hybridized carbons (Fsp3) is 0.524. The summed E-state index contributed by atoms with van der Waals surface area (Å²) in [7, 11) is 1.86. The molecule has 1 N–H and O–H groups in total. The zero-order chi connectivity index (χ0) is 21.1. The number of likely N-dealkylation sites (tertiary alicyclic amines) is 1. The number of nitrogens with one attached hydrogen (secondary N) is 1. The summed E-state index contributed by atoms with van der Waals surface area (Å²) in [6.45, 7) is 3.00. The van der Waals surface area contributed by atoms with E-state index in [-0.39, 0.29) is 30.6 Å². The van der Waals surface area contributed by atoms with Gasteiger partial charge in [-0.15, -0.1) is 11.3 Å². The lowest BCUT2D eigenvalue weighted by atomic mass is 10.0. The molecule has 9 heteroatoms. The highest BCUT2D eigenvalue weighted by molar-refractivity contribution is 7.09. The third-order valence-electron chi connectivity index (χ3n) is 5.80. The Labute approximate surface area is 179 Å². The first kappa shape index (κ1) is 20.6. The van der Waals surface area contributed by atoms with Crippen LogP contribution in [0.5, 0.6) is 0 Å². The van der Waals surface area contributed by atoms with E-state index in [4.69, 9.17) is 0 Å². The predicted molar refractivity (Wildman–Crippen MR) is 113 cm³/mol. The number of carbonyl (C=O) groups excluding carboxylic acids is 3. The molecule has 4 heterocycles. The highest BCUT2D eigenvalue weighted by atomic mass is 32.1. The third kappa shape index (κ3) is 4.40. The Bertz CT molecular complexity index is 931. The van der Waals surface area contributed by atoms with Crippen LogP contribution in [0.3, 0.4) is 0 Å². The van der Waals surface area contributed by atoms with Crippen LogP contribution in [0.15, 0.2) is 17.5 Å². The average Bonchev–Trinajstić information content (AvgIpc) is 3.51. The Kier molecular flexibility index (Phi) is 6.17. The average molecular weight is 430 g/mol. The van der Waals surface area contributed by atoms with Gasteiger partial charge in [-0.1, -0.05) is 6.07 Å². The largest absolute Gasteiger partial charge is 0.351 e. The first-order valence-electron chi connectivity index (χ1n) is 10.4. The van der Waals surface area contributed by atoms with Crippen molar-refractivity contribution in [1.29, 1.82) is 0 Å². The Hall–Kier alpha value is -2.68. The molecular formula is C21H27N5O3S. The molecule has 0 unspecified atom stereocenters. The summed E-state index contributed by atoms with van der Waals surface area (Å²) >= 11 is 1.59. The Balaban J connectivity index is 1.34. The molecule has 8 nitrogen and oxygen atoms in total. The molecule has 1 saturated heterocycles. The van der Waals surface area contributed by atoms with Crippen LogP contribution >= 0.6 is 11.3 Å². The van der Waals surface area contributed by atoms with Gasteiger partial charge in [0.25, 0.3) is 5.91 Å². The summed E-state index contributed by atoms with van der Waals surface area (Å²) in [5.41, 5.74) is 2.35. The number of fused-ring (bicyclic) bond motifs is 1. The Morgan fingerprint density at radius 1 is 1.13 bits per heavy atom. The van der Waals surface area contributed by atoms with Crippen LogP contribution in [0.25, 0.3) is 0 Å². The van der Waals surface area contributed by atoms with Gasteiger partial charge < -0.3 is 15.1 Å². The van der Waals surface area contributed by atoms with E-state index in [1.54, 1.807) is 20.9 Å². The molecule has 2 aliphatic heterocycles. The van der Waals surface area contributed by atoms with E-state index in [0.717, 1.165) is 42.1 Å². The minimum absolute atomic E-state index is 0.0356. The van der Waals surface area contributed by atoms with Crippen molar-refractivity contribution in [2.45, 2.75) is 45.2 Å². The summed E-state index contributed by atoms with van der Waals surface area (Å²) < 4.78 is 1.78. The number of carbonyl (C=O) groups is 3. The number of aromatic nitrogens is 2. The Morgan fingerprint density at radius 2 is 1.93 bits per heavy atom. The second kappa shape index (κ2) is 8.99. The van der Waals surface area contributed by atoms with Crippen LogP contribution in [-0.2, 0) is 36.1 Å². The van der Waals surface area contributed by atoms with Gasteiger partial charge in [-0.25, -0.2) is 0 Å². The van der Waals surface area contributed by atoms with E-state index in [1.807, 2.05) is 29.5 Å². The highest BCUT2D eigenvalue weighted by Gasteiger charge is 2.31. The monoisotopic (exact) mass is 429 g/mol. The number of hydrogen-bond acceptors (Lipinski definition) is 5. The van der Waals surface area contributed by atoms with Crippen LogP contribution in [-0.4, -0.2) is 56.9 Å². The summed E-state index contributed by atoms with van der Waals surface area (Å²) in [6.07, 6.45) is 3.06. The Morgan fingerprint density at radius 3 is 2.67 bits per heavy atom. The van der Waals surface area contributed by atoms with Crippen molar-refractivity contribution < 1.29 is 14.4 Å². The van der Waals surface area contributed by atoms with Gasteiger partial charge in [-0.3, -0.25) is 19.1 Å². The van der Waals surface area contributed by atoms with Crippen molar-refractivity contribution in [1.82, 2.24) is 24.9 Å². The lowest BCUT2D eigenvalue weighted by Crippen LogP contribution is -2.38. The molecule has 0 spiro atoms. The van der Waals surface area contributed by atoms with E-state index >= 15 is 0 Å². The fourth-order valence-electron chi connectivity index (χ4n) is 4.11. The molecule has 2 aliphatic rings. The zero-order valence-corrected chi connectivity index (χ0v) is 18.0. The molecule has 30 heavy (non-hydrogen) atoms. The van der Waals surface area contributed by atoms with Crippen molar-refractivity contribution in [2.24, 2.45) is 7.05 Å². The molecule has 0 aliphatic carbocycles. The van der Waals surface area contributed by atoms with Crippen LogP contribution in [0.1, 0.15) is 52.3 Å². The highest BCUT2D eigenvalue weighted by Crippen LogP contribution is 2.25. The minimum atomic E-state index is -0.124. The molecule has 4 rings (SSSR count). The first-order chi connectivity index (χ1) is 14.5. The van der Waals surface area contributed by atoms with Crippen molar-refractivity contribution in [3.63, 3.8) is 0 Å². The zero-order valence-electron chi connectivity index (χ0n) is 17.2. The number of rotatable bonds is 6. The number of nitrogens with zero attached hydrogens (tertiary/aromatic N) is 4. The third-order valence-corrected chi connectivity index (χ3v) is 6.67. The topological polar surface area (TPSA) is 87.5 Å². The smallest absolute Gasteiger partial charge is 0.274 e. The fourth-order valence-corrected chi connectivity index (χ4v) is 4.76. The molecule has 0 atom stereocenters. The molecule has 2 aromatic rings. The van der Waals surface area contributed by atoms with Gasteiger partial charge in [-0.2, -0.15) is 5.10 Å². The van der Waals surface area contributed by atoms with Crippen LogP contribution < -0.4 is 5.32 Å². The van der Waals surface area contributed by atoms with Crippen molar-refractivity contribution in [2.75, 3.05) is 19.6 Å². The van der Waals surface area contributed by atoms with Gasteiger partial charge in [0.1, 0.15) is 0 Å². The van der Waals surface area contributed by atoms with Crippen molar-refractivity contribution >= 4 is 29.1 Å². The molecular weight excluding hydrogens is 402 g/mol. The minimum Gasteiger partial charge on any atom is -0.351 e. The second-order valence-corrected chi connectivity index (χ2v) is 8.85. The van der Waals surface area contributed by atoms with Crippen LogP contribution in [0.2, 0.25) is 0 Å². The maximum absolute atomic E-state index is 12.9. The molecule has 0 radical (unpaired) electrons. The van der Waals surface area contributed by atoms with E-state index in [9.17, 15) is 14.4 Å². The van der Waals surface area contributed by atoms with Gasteiger partial charge >= 0.3 is 0 Å². The summed E-state index contributed by atoms with van der Waals surface area (Å²) in [5.74, 6) is -0.220. The lowest BCUT2D eigenvalue weighted by Gasteiger charge is -2.28.